The highest BCUT2D eigenvalue weighted by molar-refractivity contribution is 7.99. The fourth-order valence-corrected chi connectivity index (χ4v) is 3.01. The second kappa shape index (κ2) is 5.69. The molecule has 1 aliphatic rings. The third-order valence-electron chi connectivity index (χ3n) is 2.62. The molecule has 2 unspecified atom stereocenters. The maximum atomic E-state index is 12.1. The summed E-state index contributed by atoms with van der Waals surface area (Å²) >= 11 is 1.87. The SMILES string of the molecule is CC1CSCC(c2cccc(OC(F)F)c2)N1. The predicted molar refractivity (Wildman–Crippen MR) is 65.7 cm³/mol. The van der Waals surface area contributed by atoms with Gasteiger partial charge in [0.05, 0.1) is 0 Å². The summed E-state index contributed by atoms with van der Waals surface area (Å²) in [4.78, 5) is 0. The highest BCUT2D eigenvalue weighted by atomic mass is 32.2. The first-order chi connectivity index (χ1) is 8.15. The van der Waals surface area contributed by atoms with Gasteiger partial charge in [0.15, 0.2) is 0 Å². The molecule has 0 aliphatic carbocycles. The van der Waals surface area contributed by atoms with Gasteiger partial charge < -0.3 is 10.1 Å². The van der Waals surface area contributed by atoms with E-state index in [0.717, 1.165) is 17.1 Å². The van der Waals surface area contributed by atoms with Gasteiger partial charge in [-0.15, -0.1) is 0 Å². The number of alkyl halides is 2. The van der Waals surface area contributed by atoms with Gasteiger partial charge in [-0.2, -0.15) is 20.5 Å². The van der Waals surface area contributed by atoms with Crippen LogP contribution in [0.2, 0.25) is 0 Å². The zero-order valence-corrected chi connectivity index (χ0v) is 10.3. The summed E-state index contributed by atoms with van der Waals surface area (Å²) in [6.07, 6.45) is 0. The second-order valence-electron chi connectivity index (χ2n) is 4.11. The lowest BCUT2D eigenvalue weighted by Gasteiger charge is -2.28. The highest BCUT2D eigenvalue weighted by Crippen LogP contribution is 2.27. The van der Waals surface area contributed by atoms with Gasteiger partial charge in [-0.1, -0.05) is 12.1 Å². The van der Waals surface area contributed by atoms with Crippen LogP contribution in [0.1, 0.15) is 18.5 Å². The lowest BCUT2D eigenvalue weighted by Crippen LogP contribution is -2.37. The van der Waals surface area contributed by atoms with Crippen LogP contribution >= 0.6 is 11.8 Å². The molecular formula is C12H15F2NOS. The van der Waals surface area contributed by atoms with Crippen LogP contribution in [0.15, 0.2) is 24.3 Å². The topological polar surface area (TPSA) is 21.3 Å². The van der Waals surface area contributed by atoms with E-state index in [1.54, 1.807) is 18.2 Å². The molecule has 94 valence electrons. The molecule has 2 nitrogen and oxygen atoms in total. The summed E-state index contributed by atoms with van der Waals surface area (Å²) in [7, 11) is 0. The van der Waals surface area contributed by atoms with Crippen LogP contribution < -0.4 is 10.1 Å². The first-order valence-electron chi connectivity index (χ1n) is 5.53. The van der Waals surface area contributed by atoms with Crippen molar-refractivity contribution >= 4 is 11.8 Å². The van der Waals surface area contributed by atoms with Crippen molar-refractivity contribution in [1.29, 1.82) is 0 Å². The Hall–Kier alpha value is -0.810. The van der Waals surface area contributed by atoms with Crippen molar-refractivity contribution in [2.24, 2.45) is 0 Å². The molecule has 0 saturated carbocycles. The molecule has 17 heavy (non-hydrogen) atoms. The fourth-order valence-electron chi connectivity index (χ4n) is 1.90. The average Bonchev–Trinajstić information content (AvgIpc) is 2.28. The van der Waals surface area contributed by atoms with Crippen LogP contribution in [0.5, 0.6) is 5.75 Å². The van der Waals surface area contributed by atoms with Crippen molar-refractivity contribution in [2.45, 2.75) is 25.6 Å². The van der Waals surface area contributed by atoms with E-state index in [0.29, 0.717) is 6.04 Å². The number of halogens is 2. The molecular weight excluding hydrogens is 244 g/mol. The molecule has 0 amide bonds. The zero-order valence-electron chi connectivity index (χ0n) is 9.53. The Labute approximate surface area is 104 Å². The Morgan fingerprint density at radius 2 is 2.24 bits per heavy atom. The van der Waals surface area contributed by atoms with Gasteiger partial charge in [0, 0.05) is 23.6 Å². The van der Waals surface area contributed by atoms with Gasteiger partial charge in [-0.3, -0.25) is 0 Å². The Kier molecular flexibility index (Phi) is 4.23. The average molecular weight is 259 g/mol. The number of thioether (sulfide) groups is 1. The maximum absolute atomic E-state index is 12.1. The minimum absolute atomic E-state index is 0.213. The van der Waals surface area contributed by atoms with E-state index >= 15 is 0 Å². The maximum Gasteiger partial charge on any atom is 0.387 e. The molecule has 2 atom stereocenters. The first kappa shape index (κ1) is 12.6. The second-order valence-corrected chi connectivity index (χ2v) is 5.18. The minimum Gasteiger partial charge on any atom is -0.435 e. The lowest BCUT2D eigenvalue weighted by atomic mass is 10.1. The van der Waals surface area contributed by atoms with Crippen molar-refractivity contribution in [3.8, 4) is 5.75 Å². The zero-order chi connectivity index (χ0) is 12.3. The molecule has 1 aromatic carbocycles. The van der Waals surface area contributed by atoms with E-state index in [1.165, 1.54) is 0 Å². The predicted octanol–water partition coefficient (Wildman–Crippen LogP) is 3.05. The van der Waals surface area contributed by atoms with Crippen LogP contribution in [-0.2, 0) is 0 Å². The molecule has 2 rings (SSSR count). The number of rotatable bonds is 3. The summed E-state index contributed by atoms with van der Waals surface area (Å²) in [6, 6.07) is 7.58. The Bertz CT molecular complexity index is 375. The minimum atomic E-state index is -2.77. The number of nitrogens with one attached hydrogen (secondary N) is 1. The summed E-state index contributed by atoms with van der Waals surface area (Å²) in [5.41, 5.74) is 1.00. The molecule has 1 fully saturated rings. The van der Waals surface area contributed by atoms with Gasteiger partial charge in [0.1, 0.15) is 5.75 Å². The van der Waals surface area contributed by atoms with Crippen LogP contribution in [0, 0.1) is 0 Å². The van der Waals surface area contributed by atoms with E-state index in [-0.39, 0.29) is 11.8 Å². The Balaban J connectivity index is 2.09. The molecule has 1 aliphatic heterocycles. The molecule has 5 heteroatoms. The van der Waals surface area contributed by atoms with Crippen LogP contribution in [0.3, 0.4) is 0 Å². The summed E-state index contributed by atoms with van der Waals surface area (Å²) < 4.78 is 28.6. The van der Waals surface area contributed by atoms with Gasteiger partial charge >= 0.3 is 6.61 Å². The Morgan fingerprint density at radius 3 is 2.94 bits per heavy atom. The van der Waals surface area contributed by atoms with Gasteiger partial charge in [0.25, 0.3) is 0 Å². The number of hydrogen-bond donors (Lipinski definition) is 1. The normalized spacial score (nSPS) is 24.9. The summed E-state index contributed by atoms with van der Waals surface area (Å²) in [6.45, 7) is -0.642. The Morgan fingerprint density at radius 1 is 1.41 bits per heavy atom. The van der Waals surface area contributed by atoms with E-state index in [9.17, 15) is 8.78 Å². The number of hydrogen-bond acceptors (Lipinski definition) is 3. The van der Waals surface area contributed by atoms with Crippen molar-refractivity contribution < 1.29 is 13.5 Å². The third kappa shape index (κ3) is 3.57. The summed E-state index contributed by atoms with van der Waals surface area (Å²) in [5, 5.41) is 3.45. The quantitative estimate of drug-likeness (QED) is 0.901. The molecule has 1 saturated heterocycles. The summed E-state index contributed by atoms with van der Waals surface area (Å²) in [5.74, 6) is 2.27. The molecule has 0 bridgehead atoms. The molecule has 1 heterocycles. The van der Waals surface area contributed by atoms with Crippen LogP contribution in [0.4, 0.5) is 8.78 Å². The van der Waals surface area contributed by atoms with E-state index in [4.69, 9.17) is 0 Å². The van der Waals surface area contributed by atoms with E-state index < -0.39 is 6.61 Å². The monoisotopic (exact) mass is 259 g/mol. The number of ether oxygens (including phenoxy) is 1. The van der Waals surface area contributed by atoms with Crippen molar-refractivity contribution in [3.63, 3.8) is 0 Å². The van der Waals surface area contributed by atoms with Gasteiger partial charge in [0.2, 0.25) is 0 Å². The smallest absolute Gasteiger partial charge is 0.387 e. The largest absolute Gasteiger partial charge is 0.435 e. The number of benzene rings is 1. The van der Waals surface area contributed by atoms with E-state index in [1.807, 2.05) is 17.8 Å². The first-order valence-corrected chi connectivity index (χ1v) is 6.69. The molecule has 0 spiro atoms. The molecule has 1 aromatic rings. The van der Waals surface area contributed by atoms with Crippen LogP contribution in [0.25, 0.3) is 0 Å². The van der Waals surface area contributed by atoms with Gasteiger partial charge in [-0.05, 0) is 24.6 Å². The van der Waals surface area contributed by atoms with Crippen LogP contribution in [-0.4, -0.2) is 24.2 Å². The van der Waals surface area contributed by atoms with Crippen molar-refractivity contribution in [3.05, 3.63) is 29.8 Å². The standard InChI is InChI=1S/C12H15F2NOS/c1-8-6-17-7-11(15-8)9-3-2-4-10(5-9)16-12(13)14/h2-5,8,11-12,15H,6-7H2,1H3. The van der Waals surface area contributed by atoms with Crippen molar-refractivity contribution in [1.82, 2.24) is 5.32 Å². The fraction of sp³-hybridized carbons (Fsp3) is 0.500. The lowest BCUT2D eigenvalue weighted by molar-refractivity contribution is -0.0499. The highest BCUT2D eigenvalue weighted by Gasteiger charge is 2.20. The molecule has 0 radical (unpaired) electrons. The molecule has 1 N–H and O–H groups in total. The molecule has 0 aromatic heterocycles. The van der Waals surface area contributed by atoms with Crippen molar-refractivity contribution in [2.75, 3.05) is 11.5 Å². The van der Waals surface area contributed by atoms with Gasteiger partial charge in [-0.25, -0.2) is 0 Å². The third-order valence-corrected chi connectivity index (χ3v) is 3.93. The van der Waals surface area contributed by atoms with E-state index in [2.05, 4.69) is 17.0 Å².